The summed E-state index contributed by atoms with van der Waals surface area (Å²) < 4.78 is 10.8. The lowest BCUT2D eigenvalue weighted by molar-refractivity contribution is -0.142. The molecule has 1 heterocycles. The van der Waals surface area contributed by atoms with Crippen molar-refractivity contribution in [1.82, 2.24) is 10.2 Å². The van der Waals surface area contributed by atoms with Crippen LogP contribution in [0.1, 0.15) is 28.3 Å². The molecule has 0 saturated heterocycles. The Bertz CT molecular complexity index is 1110. The van der Waals surface area contributed by atoms with Gasteiger partial charge in [0.1, 0.15) is 6.04 Å². The van der Waals surface area contributed by atoms with Crippen molar-refractivity contribution in [3.63, 3.8) is 0 Å². The molecule has 0 fully saturated rings. The Labute approximate surface area is 187 Å². The Kier molecular flexibility index (Phi) is 6.40. The van der Waals surface area contributed by atoms with Gasteiger partial charge in [-0.3, -0.25) is 9.59 Å². The van der Waals surface area contributed by atoms with Gasteiger partial charge in [0.15, 0.2) is 11.5 Å². The van der Waals surface area contributed by atoms with Crippen molar-refractivity contribution in [2.45, 2.75) is 25.6 Å². The van der Waals surface area contributed by atoms with Gasteiger partial charge in [-0.15, -0.1) is 0 Å². The monoisotopic (exact) mass is 430 g/mol. The number of benzene rings is 3. The third-order valence-electron chi connectivity index (χ3n) is 5.71. The number of hydrogen-bond donors (Lipinski definition) is 1. The molecule has 1 atom stereocenters. The Morgan fingerprint density at radius 1 is 0.969 bits per heavy atom. The lowest BCUT2D eigenvalue weighted by Crippen LogP contribution is -2.46. The summed E-state index contributed by atoms with van der Waals surface area (Å²) in [6.07, 6.45) is 0.288. The maximum Gasteiger partial charge on any atom is 0.247 e. The third-order valence-corrected chi connectivity index (χ3v) is 5.71. The molecule has 0 bridgehead atoms. The van der Waals surface area contributed by atoms with Gasteiger partial charge < -0.3 is 19.7 Å². The van der Waals surface area contributed by atoms with Gasteiger partial charge in [0.2, 0.25) is 11.8 Å². The summed E-state index contributed by atoms with van der Waals surface area (Å²) in [5.41, 5.74) is 3.52. The van der Waals surface area contributed by atoms with Crippen molar-refractivity contribution in [2.75, 3.05) is 14.2 Å². The van der Waals surface area contributed by atoms with Crippen LogP contribution in [-0.2, 0) is 29.1 Å². The predicted octanol–water partition coefficient (Wildman–Crippen LogP) is 3.65. The SMILES string of the molecule is COc1cccc(CNC(=O)[C@@H]2c3ccccc3CC(=O)N2Cc2ccccc2)c1OC. The maximum absolute atomic E-state index is 13.5. The number of hydrogen-bond acceptors (Lipinski definition) is 4. The van der Waals surface area contributed by atoms with Gasteiger partial charge in [-0.2, -0.15) is 0 Å². The van der Waals surface area contributed by atoms with Crippen LogP contribution in [0.3, 0.4) is 0 Å². The van der Waals surface area contributed by atoms with Crippen LogP contribution < -0.4 is 14.8 Å². The van der Waals surface area contributed by atoms with E-state index in [0.717, 1.165) is 22.3 Å². The molecule has 0 radical (unpaired) electrons. The number of rotatable bonds is 7. The van der Waals surface area contributed by atoms with Gasteiger partial charge in [-0.05, 0) is 22.8 Å². The minimum absolute atomic E-state index is 0.0633. The molecule has 2 amide bonds. The Balaban J connectivity index is 1.62. The number of nitrogens with zero attached hydrogens (tertiary/aromatic N) is 1. The first-order chi connectivity index (χ1) is 15.6. The van der Waals surface area contributed by atoms with E-state index in [4.69, 9.17) is 9.47 Å². The maximum atomic E-state index is 13.5. The molecule has 1 N–H and O–H groups in total. The number of para-hydroxylation sites is 1. The zero-order chi connectivity index (χ0) is 22.5. The number of carbonyl (C=O) groups excluding carboxylic acids is 2. The van der Waals surface area contributed by atoms with Gasteiger partial charge in [0.05, 0.1) is 20.6 Å². The molecule has 0 unspecified atom stereocenters. The van der Waals surface area contributed by atoms with Crippen LogP contribution in [0, 0.1) is 0 Å². The molecule has 0 aromatic heterocycles. The molecule has 0 spiro atoms. The normalized spacial score (nSPS) is 15.1. The molecule has 1 aliphatic rings. The number of nitrogens with one attached hydrogen (secondary N) is 1. The van der Waals surface area contributed by atoms with Crippen molar-refractivity contribution in [2.24, 2.45) is 0 Å². The summed E-state index contributed by atoms with van der Waals surface area (Å²) in [6, 6.07) is 22.2. The van der Waals surface area contributed by atoms with E-state index in [1.54, 1.807) is 19.1 Å². The first-order valence-corrected chi connectivity index (χ1v) is 10.5. The van der Waals surface area contributed by atoms with E-state index in [2.05, 4.69) is 5.32 Å². The average Bonchev–Trinajstić information content (AvgIpc) is 2.83. The zero-order valence-corrected chi connectivity index (χ0v) is 18.2. The second kappa shape index (κ2) is 9.56. The second-order valence-electron chi connectivity index (χ2n) is 7.66. The van der Waals surface area contributed by atoms with E-state index >= 15 is 0 Å². The van der Waals surface area contributed by atoms with Crippen molar-refractivity contribution in [1.29, 1.82) is 0 Å². The van der Waals surface area contributed by atoms with E-state index in [0.29, 0.717) is 18.0 Å². The minimum Gasteiger partial charge on any atom is -0.493 e. The highest BCUT2D eigenvalue weighted by Gasteiger charge is 2.37. The van der Waals surface area contributed by atoms with Crippen molar-refractivity contribution < 1.29 is 19.1 Å². The fourth-order valence-corrected chi connectivity index (χ4v) is 4.15. The molecule has 6 nitrogen and oxygen atoms in total. The highest BCUT2D eigenvalue weighted by Crippen LogP contribution is 2.33. The Hall–Kier alpha value is -3.80. The zero-order valence-electron chi connectivity index (χ0n) is 18.2. The lowest BCUT2D eigenvalue weighted by atomic mass is 9.91. The summed E-state index contributed by atoms with van der Waals surface area (Å²) in [5.74, 6) is 0.887. The van der Waals surface area contributed by atoms with E-state index in [-0.39, 0.29) is 24.8 Å². The fraction of sp³-hybridized carbons (Fsp3) is 0.231. The number of fused-ring (bicyclic) bond motifs is 1. The van der Waals surface area contributed by atoms with Gasteiger partial charge >= 0.3 is 0 Å². The second-order valence-corrected chi connectivity index (χ2v) is 7.66. The third kappa shape index (κ3) is 4.30. The van der Waals surface area contributed by atoms with Crippen LogP contribution in [0.15, 0.2) is 72.8 Å². The van der Waals surface area contributed by atoms with Crippen LogP contribution in [0.4, 0.5) is 0 Å². The summed E-state index contributed by atoms with van der Waals surface area (Å²) in [4.78, 5) is 28.2. The quantitative estimate of drug-likeness (QED) is 0.621. The molecule has 32 heavy (non-hydrogen) atoms. The van der Waals surface area contributed by atoms with Gasteiger partial charge in [0.25, 0.3) is 0 Å². The predicted molar refractivity (Wildman–Crippen MR) is 121 cm³/mol. The number of methoxy groups -OCH3 is 2. The van der Waals surface area contributed by atoms with Crippen LogP contribution in [0.2, 0.25) is 0 Å². The molecule has 4 rings (SSSR count). The van der Waals surface area contributed by atoms with Crippen LogP contribution in [0.5, 0.6) is 11.5 Å². The lowest BCUT2D eigenvalue weighted by Gasteiger charge is -2.36. The van der Waals surface area contributed by atoms with Crippen LogP contribution >= 0.6 is 0 Å². The summed E-state index contributed by atoms with van der Waals surface area (Å²) in [5, 5.41) is 3.00. The van der Waals surface area contributed by atoms with Crippen LogP contribution in [-0.4, -0.2) is 30.9 Å². The smallest absolute Gasteiger partial charge is 0.247 e. The molecule has 1 aliphatic heterocycles. The molecular formula is C26H26N2O4. The van der Waals surface area contributed by atoms with Crippen LogP contribution in [0.25, 0.3) is 0 Å². The largest absolute Gasteiger partial charge is 0.493 e. The van der Waals surface area contributed by atoms with Crippen molar-refractivity contribution in [3.8, 4) is 11.5 Å². The van der Waals surface area contributed by atoms with E-state index < -0.39 is 6.04 Å². The summed E-state index contributed by atoms with van der Waals surface area (Å²) in [7, 11) is 3.15. The van der Waals surface area contributed by atoms with E-state index in [1.165, 1.54) is 0 Å². The molecule has 6 heteroatoms. The molecule has 0 aliphatic carbocycles. The topological polar surface area (TPSA) is 67.9 Å². The molecular weight excluding hydrogens is 404 g/mol. The van der Waals surface area contributed by atoms with E-state index in [1.807, 2.05) is 72.8 Å². The van der Waals surface area contributed by atoms with Gasteiger partial charge in [-0.25, -0.2) is 0 Å². The molecule has 164 valence electrons. The Morgan fingerprint density at radius 3 is 2.47 bits per heavy atom. The average molecular weight is 431 g/mol. The molecule has 3 aromatic carbocycles. The first-order valence-electron chi connectivity index (χ1n) is 10.5. The number of ether oxygens (including phenoxy) is 2. The summed E-state index contributed by atoms with van der Waals surface area (Å²) >= 11 is 0. The van der Waals surface area contributed by atoms with E-state index in [9.17, 15) is 9.59 Å². The standard InChI is InChI=1S/C26H26N2O4/c1-31-22-14-8-12-20(25(22)32-2)16-27-26(30)24-21-13-7-6-11-19(21)15-23(29)28(24)17-18-9-4-3-5-10-18/h3-14,24H,15-17H2,1-2H3,(H,27,30)/t24-/m0/s1. The summed E-state index contributed by atoms with van der Waals surface area (Å²) in [6.45, 7) is 0.625. The first kappa shape index (κ1) is 21.4. The fourth-order valence-electron chi connectivity index (χ4n) is 4.15. The molecule has 3 aromatic rings. The Morgan fingerprint density at radius 2 is 1.72 bits per heavy atom. The minimum atomic E-state index is -0.704. The number of amides is 2. The molecule has 0 saturated carbocycles. The highest BCUT2D eigenvalue weighted by molar-refractivity contribution is 5.92. The number of carbonyl (C=O) groups is 2. The van der Waals surface area contributed by atoms with Crippen molar-refractivity contribution >= 4 is 11.8 Å². The van der Waals surface area contributed by atoms with Gasteiger partial charge in [0, 0.05) is 18.7 Å². The van der Waals surface area contributed by atoms with Gasteiger partial charge in [-0.1, -0.05) is 66.7 Å². The van der Waals surface area contributed by atoms with Crippen molar-refractivity contribution in [3.05, 3.63) is 95.1 Å². The highest BCUT2D eigenvalue weighted by atomic mass is 16.5.